The molecule has 5 heteroatoms. The first-order valence-corrected chi connectivity index (χ1v) is 7.87. The summed E-state index contributed by atoms with van der Waals surface area (Å²) in [5.41, 5.74) is 8.43. The minimum atomic E-state index is -3.03. The second-order valence-electron chi connectivity index (χ2n) is 4.34. The molecule has 0 unspecified atom stereocenters. The standard InChI is InChI=1S/C13H18N2O2S/c1-3-15-10(9-18(16,17)4-2)8-11-12(14)6-5-7-13(11)15/h5-8H,3-4,9,14H2,1-2H3. The predicted octanol–water partition coefficient (Wildman–Crippen LogP) is 2.18. The van der Waals surface area contributed by atoms with Gasteiger partial charge in [-0.15, -0.1) is 0 Å². The van der Waals surface area contributed by atoms with Gasteiger partial charge < -0.3 is 10.3 Å². The second kappa shape index (κ2) is 4.65. The Bertz CT molecular complexity index is 672. The first kappa shape index (κ1) is 13.0. The van der Waals surface area contributed by atoms with Gasteiger partial charge in [0, 0.05) is 29.1 Å². The summed E-state index contributed by atoms with van der Waals surface area (Å²) in [6.07, 6.45) is 0. The number of hydrogen-bond donors (Lipinski definition) is 1. The van der Waals surface area contributed by atoms with E-state index in [0.29, 0.717) is 5.69 Å². The smallest absolute Gasteiger partial charge is 0.155 e. The van der Waals surface area contributed by atoms with Crippen LogP contribution in [0.5, 0.6) is 0 Å². The van der Waals surface area contributed by atoms with Gasteiger partial charge in [0.2, 0.25) is 0 Å². The lowest BCUT2D eigenvalue weighted by Gasteiger charge is -2.07. The number of anilines is 1. The first-order chi connectivity index (χ1) is 8.48. The molecule has 0 saturated carbocycles. The van der Waals surface area contributed by atoms with Gasteiger partial charge in [0.05, 0.1) is 11.3 Å². The van der Waals surface area contributed by atoms with Gasteiger partial charge in [-0.05, 0) is 25.1 Å². The Labute approximate surface area is 107 Å². The molecule has 0 bridgehead atoms. The minimum absolute atomic E-state index is 0.0749. The third-order valence-corrected chi connectivity index (χ3v) is 4.80. The van der Waals surface area contributed by atoms with Gasteiger partial charge in [-0.1, -0.05) is 13.0 Å². The number of nitrogen functional groups attached to an aromatic ring is 1. The van der Waals surface area contributed by atoms with Crippen molar-refractivity contribution in [2.75, 3.05) is 11.5 Å². The third kappa shape index (κ3) is 2.22. The van der Waals surface area contributed by atoms with Crippen LogP contribution in [-0.2, 0) is 22.1 Å². The average molecular weight is 266 g/mol. The minimum Gasteiger partial charge on any atom is -0.398 e. The van der Waals surface area contributed by atoms with E-state index in [1.165, 1.54) is 0 Å². The van der Waals surface area contributed by atoms with Crippen LogP contribution in [0.3, 0.4) is 0 Å². The number of rotatable bonds is 4. The van der Waals surface area contributed by atoms with Crippen molar-refractivity contribution in [2.45, 2.75) is 26.1 Å². The van der Waals surface area contributed by atoms with E-state index >= 15 is 0 Å². The zero-order valence-corrected chi connectivity index (χ0v) is 11.5. The fourth-order valence-corrected chi connectivity index (χ4v) is 3.08. The first-order valence-electron chi connectivity index (χ1n) is 6.05. The van der Waals surface area contributed by atoms with Gasteiger partial charge >= 0.3 is 0 Å². The molecule has 0 aliphatic rings. The molecule has 2 rings (SSSR count). The van der Waals surface area contributed by atoms with Crippen LogP contribution in [0.15, 0.2) is 24.3 Å². The number of fused-ring (bicyclic) bond motifs is 1. The number of aromatic nitrogens is 1. The van der Waals surface area contributed by atoms with Crippen molar-refractivity contribution >= 4 is 26.4 Å². The number of nitrogens with two attached hydrogens (primary N) is 1. The van der Waals surface area contributed by atoms with Crippen molar-refractivity contribution < 1.29 is 8.42 Å². The topological polar surface area (TPSA) is 65.1 Å². The summed E-state index contributed by atoms with van der Waals surface area (Å²) >= 11 is 0. The molecule has 0 aliphatic heterocycles. The number of nitrogens with zero attached hydrogens (tertiary/aromatic N) is 1. The van der Waals surface area contributed by atoms with Gasteiger partial charge in [0.15, 0.2) is 9.84 Å². The van der Waals surface area contributed by atoms with E-state index in [4.69, 9.17) is 5.73 Å². The zero-order chi connectivity index (χ0) is 13.3. The maximum Gasteiger partial charge on any atom is 0.155 e. The molecule has 0 saturated heterocycles. The van der Waals surface area contributed by atoms with Crippen LogP contribution in [0.25, 0.3) is 10.9 Å². The van der Waals surface area contributed by atoms with Crippen LogP contribution in [0.4, 0.5) is 5.69 Å². The molecule has 18 heavy (non-hydrogen) atoms. The van der Waals surface area contributed by atoms with E-state index in [1.54, 1.807) is 6.92 Å². The molecule has 1 aromatic carbocycles. The highest BCUT2D eigenvalue weighted by atomic mass is 32.2. The van der Waals surface area contributed by atoms with E-state index < -0.39 is 9.84 Å². The molecule has 0 spiro atoms. The molecule has 1 aromatic heterocycles. The number of sulfone groups is 1. The summed E-state index contributed by atoms with van der Waals surface area (Å²) in [5, 5.41) is 0.931. The van der Waals surface area contributed by atoms with Gasteiger partial charge in [-0.3, -0.25) is 0 Å². The van der Waals surface area contributed by atoms with E-state index in [0.717, 1.165) is 23.1 Å². The Balaban J connectivity index is 2.61. The molecule has 98 valence electrons. The third-order valence-electron chi connectivity index (χ3n) is 3.19. The Kier molecular flexibility index (Phi) is 3.34. The van der Waals surface area contributed by atoms with Crippen molar-refractivity contribution in [3.63, 3.8) is 0 Å². The summed E-state index contributed by atoms with van der Waals surface area (Å²) < 4.78 is 25.5. The quantitative estimate of drug-likeness (QED) is 0.863. The molecule has 4 nitrogen and oxygen atoms in total. The molecule has 2 N–H and O–H groups in total. The van der Waals surface area contributed by atoms with E-state index in [1.807, 2.05) is 35.8 Å². The normalized spacial score (nSPS) is 12.1. The number of benzene rings is 1. The van der Waals surface area contributed by atoms with Crippen molar-refractivity contribution in [2.24, 2.45) is 0 Å². The van der Waals surface area contributed by atoms with Crippen LogP contribution in [0.2, 0.25) is 0 Å². The maximum atomic E-state index is 11.8. The summed E-state index contributed by atoms with van der Waals surface area (Å²) in [6.45, 7) is 4.41. The average Bonchev–Trinajstić information content (AvgIpc) is 2.67. The summed E-state index contributed by atoms with van der Waals surface area (Å²) in [7, 11) is -3.03. The number of hydrogen-bond acceptors (Lipinski definition) is 3. The summed E-state index contributed by atoms with van der Waals surface area (Å²) in [6, 6.07) is 7.58. The Hall–Kier alpha value is -1.49. The molecule has 0 amide bonds. The maximum absolute atomic E-state index is 11.8. The van der Waals surface area contributed by atoms with Gasteiger partial charge in [0.1, 0.15) is 0 Å². The fourth-order valence-electron chi connectivity index (χ4n) is 2.18. The summed E-state index contributed by atoms with van der Waals surface area (Å²) in [4.78, 5) is 0. The van der Waals surface area contributed by atoms with Gasteiger partial charge in [0.25, 0.3) is 0 Å². The van der Waals surface area contributed by atoms with Crippen molar-refractivity contribution in [1.29, 1.82) is 0 Å². The second-order valence-corrected chi connectivity index (χ2v) is 6.69. The molecule has 0 aliphatic carbocycles. The summed E-state index contributed by atoms with van der Waals surface area (Å²) in [5.74, 6) is 0.235. The van der Waals surface area contributed by atoms with Crippen LogP contribution < -0.4 is 5.73 Å². The lowest BCUT2D eigenvalue weighted by atomic mass is 10.2. The lowest BCUT2D eigenvalue weighted by Crippen LogP contribution is -2.10. The highest BCUT2D eigenvalue weighted by molar-refractivity contribution is 7.90. The van der Waals surface area contributed by atoms with Gasteiger partial charge in [-0.2, -0.15) is 0 Å². The highest BCUT2D eigenvalue weighted by Gasteiger charge is 2.15. The highest BCUT2D eigenvalue weighted by Crippen LogP contribution is 2.26. The van der Waals surface area contributed by atoms with Crippen LogP contribution in [0, 0.1) is 0 Å². The van der Waals surface area contributed by atoms with Crippen molar-refractivity contribution in [3.8, 4) is 0 Å². The Morgan fingerprint density at radius 2 is 2.00 bits per heavy atom. The largest absolute Gasteiger partial charge is 0.398 e. The number of aryl methyl sites for hydroxylation is 1. The Morgan fingerprint density at radius 1 is 1.28 bits per heavy atom. The monoisotopic (exact) mass is 266 g/mol. The molecule has 0 fully saturated rings. The molecule has 1 heterocycles. The predicted molar refractivity (Wildman–Crippen MR) is 75.2 cm³/mol. The Morgan fingerprint density at radius 3 is 2.61 bits per heavy atom. The lowest BCUT2D eigenvalue weighted by molar-refractivity contribution is 0.594. The van der Waals surface area contributed by atoms with Crippen molar-refractivity contribution in [3.05, 3.63) is 30.0 Å². The SMILES string of the molecule is CCn1c(CS(=O)(=O)CC)cc2c(N)cccc21. The molecular formula is C13H18N2O2S. The molecule has 0 radical (unpaired) electrons. The van der Waals surface area contributed by atoms with E-state index in [2.05, 4.69) is 0 Å². The van der Waals surface area contributed by atoms with Gasteiger partial charge in [-0.25, -0.2) is 8.42 Å². The van der Waals surface area contributed by atoms with Crippen LogP contribution >= 0.6 is 0 Å². The molecule has 0 atom stereocenters. The van der Waals surface area contributed by atoms with E-state index in [-0.39, 0.29) is 11.5 Å². The van der Waals surface area contributed by atoms with E-state index in [9.17, 15) is 8.42 Å². The van der Waals surface area contributed by atoms with Crippen molar-refractivity contribution in [1.82, 2.24) is 4.57 Å². The molecular weight excluding hydrogens is 248 g/mol. The molecule has 2 aromatic rings. The fraction of sp³-hybridized carbons (Fsp3) is 0.385. The van der Waals surface area contributed by atoms with Crippen LogP contribution in [0.1, 0.15) is 19.5 Å². The zero-order valence-electron chi connectivity index (χ0n) is 10.7. The van der Waals surface area contributed by atoms with Crippen LogP contribution in [-0.4, -0.2) is 18.7 Å².